The van der Waals surface area contributed by atoms with Crippen LogP contribution in [0.4, 0.5) is 5.69 Å². The number of rotatable bonds is 8. The third-order valence-electron chi connectivity index (χ3n) is 3.34. The van der Waals surface area contributed by atoms with Crippen molar-refractivity contribution >= 4 is 17.3 Å². The van der Waals surface area contributed by atoms with Gasteiger partial charge in [0.25, 0.3) is 0 Å². The summed E-state index contributed by atoms with van der Waals surface area (Å²) in [4.78, 5) is 0. The highest BCUT2D eigenvalue weighted by Crippen LogP contribution is 2.37. The second kappa shape index (κ2) is 8.38. The second-order valence-corrected chi connectivity index (χ2v) is 6.69. The zero-order valence-electron chi connectivity index (χ0n) is 14.0. The van der Waals surface area contributed by atoms with Crippen molar-refractivity contribution in [2.75, 3.05) is 19.5 Å². The van der Waals surface area contributed by atoms with Gasteiger partial charge in [-0.3, -0.25) is 0 Å². The maximum atomic E-state index is 6.36. The molecule has 0 aliphatic rings. The first-order chi connectivity index (χ1) is 9.87. The molecule has 120 valence electrons. The van der Waals surface area contributed by atoms with Crippen molar-refractivity contribution in [1.82, 2.24) is 0 Å². The predicted molar refractivity (Wildman–Crippen MR) is 90.9 cm³/mol. The molecule has 0 saturated carbocycles. The van der Waals surface area contributed by atoms with E-state index in [0.717, 1.165) is 18.5 Å². The van der Waals surface area contributed by atoms with Crippen molar-refractivity contribution in [3.63, 3.8) is 0 Å². The fraction of sp³-hybridized carbons (Fsp3) is 0.647. The van der Waals surface area contributed by atoms with Gasteiger partial charge < -0.3 is 14.8 Å². The zero-order valence-corrected chi connectivity index (χ0v) is 14.8. The zero-order chi connectivity index (χ0) is 16.0. The Kier molecular flexibility index (Phi) is 7.16. The average molecular weight is 314 g/mol. The highest BCUT2D eigenvalue weighted by atomic mass is 35.5. The lowest BCUT2D eigenvalue weighted by atomic mass is 9.95. The van der Waals surface area contributed by atoms with Crippen LogP contribution in [0.5, 0.6) is 11.5 Å². The van der Waals surface area contributed by atoms with Crippen molar-refractivity contribution in [3.05, 3.63) is 17.2 Å². The van der Waals surface area contributed by atoms with Crippen LogP contribution in [-0.2, 0) is 0 Å². The Morgan fingerprint density at radius 1 is 0.952 bits per heavy atom. The quantitative estimate of drug-likeness (QED) is 0.713. The SMILES string of the molecule is COc1cc(Cl)c(NC(CC(C)C)CC(C)C)cc1OC. The summed E-state index contributed by atoms with van der Waals surface area (Å²) in [7, 11) is 3.25. The third kappa shape index (κ3) is 5.66. The van der Waals surface area contributed by atoms with Gasteiger partial charge in [-0.15, -0.1) is 0 Å². The van der Waals surface area contributed by atoms with Crippen LogP contribution in [0.25, 0.3) is 0 Å². The van der Waals surface area contributed by atoms with Crippen LogP contribution >= 0.6 is 11.6 Å². The Morgan fingerprint density at radius 3 is 1.86 bits per heavy atom. The Labute approximate surface area is 134 Å². The molecule has 1 rings (SSSR count). The van der Waals surface area contributed by atoms with Gasteiger partial charge in [0, 0.05) is 18.2 Å². The van der Waals surface area contributed by atoms with Crippen LogP contribution in [0.2, 0.25) is 5.02 Å². The minimum atomic E-state index is 0.403. The second-order valence-electron chi connectivity index (χ2n) is 6.29. The Hall–Kier alpha value is -1.09. The topological polar surface area (TPSA) is 30.5 Å². The molecule has 0 atom stereocenters. The largest absolute Gasteiger partial charge is 0.493 e. The van der Waals surface area contributed by atoms with Gasteiger partial charge in [0.05, 0.1) is 24.9 Å². The molecule has 3 nitrogen and oxygen atoms in total. The van der Waals surface area contributed by atoms with Gasteiger partial charge in [0.15, 0.2) is 11.5 Å². The van der Waals surface area contributed by atoms with Crippen LogP contribution < -0.4 is 14.8 Å². The van der Waals surface area contributed by atoms with E-state index in [-0.39, 0.29) is 0 Å². The van der Waals surface area contributed by atoms with Crippen LogP contribution in [0.15, 0.2) is 12.1 Å². The number of ether oxygens (including phenoxy) is 2. The number of anilines is 1. The molecule has 0 aliphatic carbocycles. The van der Waals surface area contributed by atoms with Crippen molar-refractivity contribution in [3.8, 4) is 11.5 Å². The van der Waals surface area contributed by atoms with Crippen LogP contribution in [0.1, 0.15) is 40.5 Å². The maximum absolute atomic E-state index is 6.36. The maximum Gasteiger partial charge on any atom is 0.162 e. The summed E-state index contributed by atoms with van der Waals surface area (Å²) >= 11 is 6.36. The molecule has 0 aromatic heterocycles. The summed E-state index contributed by atoms with van der Waals surface area (Å²) in [5.41, 5.74) is 0.903. The minimum Gasteiger partial charge on any atom is -0.493 e. The van der Waals surface area contributed by atoms with Gasteiger partial charge in [-0.1, -0.05) is 39.3 Å². The van der Waals surface area contributed by atoms with Gasteiger partial charge >= 0.3 is 0 Å². The minimum absolute atomic E-state index is 0.403. The molecular weight excluding hydrogens is 286 g/mol. The molecule has 21 heavy (non-hydrogen) atoms. The number of benzene rings is 1. The van der Waals surface area contributed by atoms with Crippen LogP contribution in [-0.4, -0.2) is 20.3 Å². The molecule has 0 unspecified atom stereocenters. The monoisotopic (exact) mass is 313 g/mol. The van der Waals surface area contributed by atoms with Crippen LogP contribution in [0, 0.1) is 11.8 Å². The summed E-state index contributed by atoms with van der Waals surface area (Å²) in [5.74, 6) is 2.62. The van der Waals surface area contributed by atoms with E-state index in [0.29, 0.717) is 34.4 Å². The van der Waals surface area contributed by atoms with E-state index in [1.165, 1.54) is 0 Å². The normalized spacial score (nSPS) is 11.3. The summed E-state index contributed by atoms with van der Waals surface area (Å²) in [6.07, 6.45) is 2.23. The smallest absolute Gasteiger partial charge is 0.162 e. The lowest BCUT2D eigenvalue weighted by molar-refractivity contribution is 0.355. The van der Waals surface area contributed by atoms with Gasteiger partial charge in [-0.05, 0) is 24.7 Å². The molecule has 0 saturated heterocycles. The van der Waals surface area contributed by atoms with Crippen molar-refractivity contribution in [2.45, 2.75) is 46.6 Å². The van der Waals surface area contributed by atoms with Gasteiger partial charge in [0.2, 0.25) is 0 Å². The molecule has 1 aromatic rings. The average Bonchev–Trinajstić information content (AvgIpc) is 2.38. The Morgan fingerprint density at radius 2 is 1.43 bits per heavy atom. The molecule has 0 heterocycles. The molecule has 0 aliphatic heterocycles. The fourth-order valence-corrected chi connectivity index (χ4v) is 2.75. The van der Waals surface area contributed by atoms with Gasteiger partial charge in [-0.25, -0.2) is 0 Å². The van der Waals surface area contributed by atoms with E-state index in [1.807, 2.05) is 6.07 Å². The standard InChI is InChI=1S/C17H28ClNO2/c1-11(2)7-13(8-12(3)4)19-15-10-17(21-6)16(20-5)9-14(15)18/h9-13,19H,7-8H2,1-6H3. The lowest BCUT2D eigenvalue weighted by Crippen LogP contribution is -2.23. The van der Waals surface area contributed by atoms with E-state index in [4.69, 9.17) is 21.1 Å². The number of methoxy groups -OCH3 is 2. The lowest BCUT2D eigenvalue weighted by Gasteiger charge is -2.24. The van der Waals surface area contributed by atoms with Gasteiger partial charge in [-0.2, -0.15) is 0 Å². The van der Waals surface area contributed by atoms with E-state index in [1.54, 1.807) is 20.3 Å². The predicted octanol–water partition coefficient (Wildman–Crippen LogP) is 5.23. The highest BCUT2D eigenvalue weighted by Gasteiger charge is 2.16. The first kappa shape index (κ1) is 18.0. The molecule has 4 heteroatoms. The number of hydrogen-bond acceptors (Lipinski definition) is 3. The molecule has 0 radical (unpaired) electrons. The third-order valence-corrected chi connectivity index (χ3v) is 3.66. The molecule has 0 bridgehead atoms. The number of hydrogen-bond donors (Lipinski definition) is 1. The molecule has 1 N–H and O–H groups in total. The fourth-order valence-electron chi connectivity index (χ4n) is 2.54. The number of nitrogens with one attached hydrogen (secondary N) is 1. The number of halogens is 1. The van der Waals surface area contributed by atoms with Crippen molar-refractivity contribution in [1.29, 1.82) is 0 Å². The summed E-state index contributed by atoms with van der Waals surface area (Å²) in [6, 6.07) is 4.11. The summed E-state index contributed by atoms with van der Waals surface area (Å²) < 4.78 is 10.6. The van der Waals surface area contributed by atoms with Crippen LogP contribution in [0.3, 0.4) is 0 Å². The highest BCUT2D eigenvalue weighted by molar-refractivity contribution is 6.33. The Balaban J connectivity index is 2.96. The van der Waals surface area contributed by atoms with Crippen molar-refractivity contribution in [2.24, 2.45) is 11.8 Å². The molecule has 0 spiro atoms. The molecule has 0 fully saturated rings. The summed E-state index contributed by atoms with van der Waals surface area (Å²) in [6.45, 7) is 8.97. The summed E-state index contributed by atoms with van der Waals surface area (Å²) in [5, 5.41) is 4.23. The van der Waals surface area contributed by atoms with E-state index in [9.17, 15) is 0 Å². The van der Waals surface area contributed by atoms with Crippen molar-refractivity contribution < 1.29 is 9.47 Å². The molecule has 0 amide bonds. The van der Waals surface area contributed by atoms with E-state index >= 15 is 0 Å². The van der Waals surface area contributed by atoms with Gasteiger partial charge in [0.1, 0.15) is 0 Å². The van der Waals surface area contributed by atoms with E-state index < -0.39 is 0 Å². The molecule has 1 aromatic carbocycles. The van der Waals surface area contributed by atoms with E-state index in [2.05, 4.69) is 33.0 Å². The first-order valence-corrected chi connectivity index (χ1v) is 7.93. The Bertz CT molecular complexity index is 437. The molecular formula is C17H28ClNO2. The first-order valence-electron chi connectivity index (χ1n) is 7.55.